The van der Waals surface area contributed by atoms with Crippen LogP contribution in [0.25, 0.3) is 0 Å². The highest BCUT2D eigenvalue weighted by Crippen LogP contribution is 2.31. The quantitative estimate of drug-likeness (QED) is 0.748. The van der Waals surface area contributed by atoms with Gasteiger partial charge in [-0.05, 0) is 24.6 Å². The third kappa shape index (κ3) is 1.73. The molecule has 13 heavy (non-hydrogen) atoms. The van der Waals surface area contributed by atoms with Gasteiger partial charge >= 0.3 is 0 Å². The maximum absolute atomic E-state index is 5.85. The topological polar surface area (TPSA) is 21.3 Å². The van der Waals surface area contributed by atoms with E-state index in [1.807, 2.05) is 18.2 Å². The number of hydrogen-bond acceptors (Lipinski definition) is 2. The lowest BCUT2D eigenvalue weighted by Gasteiger charge is -2.26. The lowest BCUT2D eigenvalue weighted by Crippen LogP contribution is -2.29. The van der Waals surface area contributed by atoms with Crippen molar-refractivity contribution in [1.29, 1.82) is 0 Å². The van der Waals surface area contributed by atoms with Crippen LogP contribution in [0.1, 0.15) is 13.3 Å². The molecule has 0 unspecified atom stereocenters. The van der Waals surface area contributed by atoms with Crippen LogP contribution in [-0.2, 0) is 0 Å². The SMILES string of the molecule is CC[C@H]1CNc2cc(Cl)ccc2O1. The summed E-state index contributed by atoms with van der Waals surface area (Å²) in [5.74, 6) is 0.905. The van der Waals surface area contributed by atoms with Gasteiger partial charge in [0, 0.05) is 5.02 Å². The average Bonchev–Trinajstić information content (AvgIpc) is 2.17. The Bertz CT molecular complexity index is 314. The minimum atomic E-state index is 0.286. The molecule has 1 aromatic carbocycles. The maximum Gasteiger partial charge on any atom is 0.143 e. The van der Waals surface area contributed by atoms with Crippen molar-refractivity contribution in [3.05, 3.63) is 23.2 Å². The van der Waals surface area contributed by atoms with E-state index in [2.05, 4.69) is 12.2 Å². The molecule has 1 N–H and O–H groups in total. The van der Waals surface area contributed by atoms with E-state index in [4.69, 9.17) is 16.3 Å². The number of nitrogens with one attached hydrogen (secondary N) is 1. The largest absolute Gasteiger partial charge is 0.486 e. The van der Waals surface area contributed by atoms with Gasteiger partial charge in [0.05, 0.1) is 12.2 Å². The summed E-state index contributed by atoms with van der Waals surface area (Å²) in [5.41, 5.74) is 0.997. The zero-order valence-corrected chi connectivity index (χ0v) is 8.27. The highest BCUT2D eigenvalue weighted by Gasteiger charge is 2.17. The third-order valence-corrected chi connectivity index (χ3v) is 2.45. The van der Waals surface area contributed by atoms with Crippen LogP contribution in [0, 0.1) is 0 Å². The van der Waals surface area contributed by atoms with Gasteiger partial charge in [-0.2, -0.15) is 0 Å². The van der Waals surface area contributed by atoms with Gasteiger partial charge in [-0.15, -0.1) is 0 Å². The van der Waals surface area contributed by atoms with Gasteiger partial charge in [-0.1, -0.05) is 18.5 Å². The van der Waals surface area contributed by atoms with E-state index in [1.165, 1.54) is 0 Å². The van der Waals surface area contributed by atoms with Crippen LogP contribution in [0.4, 0.5) is 5.69 Å². The highest BCUT2D eigenvalue weighted by atomic mass is 35.5. The molecule has 0 radical (unpaired) electrons. The second kappa shape index (κ2) is 3.46. The molecule has 0 amide bonds. The number of benzene rings is 1. The molecular formula is C10H12ClNO. The van der Waals surface area contributed by atoms with Crippen molar-refractivity contribution in [3.8, 4) is 5.75 Å². The van der Waals surface area contributed by atoms with Crippen LogP contribution in [0.2, 0.25) is 5.02 Å². The van der Waals surface area contributed by atoms with Crippen LogP contribution in [0.5, 0.6) is 5.75 Å². The Morgan fingerprint density at radius 2 is 2.46 bits per heavy atom. The Morgan fingerprint density at radius 3 is 3.23 bits per heavy atom. The van der Waals surface area contributed by atoms with Crippen molar-refractivity contribution in [2.24, 2.45) is 0 Å². The summed E-state index contributed by atoms with van der Waals surface area (Å²) in [6.07, 6.45) is 1.31. The molecule has 0 fully saturated rings. The van der Waals surface area contributed by atoms with Gasteiger partial charge < -0.3 is 10.1 Å². The minimum Gasteiger partial charge on any atom is -0.486 e. The fraction of sp³-hybridized carbons (Fsp3) is 0.400. The number of ether oxygens (including phenoxy) is 1. The molecule has 0 spiro atoms. The van der Waals surface area contributed by atoms with Crippen molar-refractivity contribution < 1.29 is 4.74 Å². The summed E-state index contributed by atoms with van der Waals surface area (Å²) >= 11 is 5.85. The van der Waals surface area contributed by atoms with Crippen LogP contribution in [0.15, 0.2) is 18.2 Å². The van der Waals surface area contributed by atoms with E-state index in [-0.39, 0.29) is 6.10 Å². The molecule has 0 aliphatic carbocycles. The lowest BCUT2D eigenvalue weighted by molar-refractivity contribution is 0.202. The molecule has 1 aliphatic heterocycles. The Kier molecular flexibility index (Phi) is 2.32. The van der Waals surface area contributed by atoms with Crippen LogP contribution >= 0.6 is 11.6 Å². The molecule has 0 saturated carbocycles. The molecular weight excluding hydrogens is 186 g/mol. The van der Waals surface area contributed by atoms with E-state index < -0.39 is 0 Å². The molecule has 2 nitrogen and oxygen atoms in total. The van der Waals surface area contributed by atoms with Gasteiger partial charge in [-0.25, -0.2) is 0 Å². The minimum absolute atomic E-state index is 0.286. The van der Waals surface area contributed by atoms with Gasteiger partial charge in [0.1, 0.15) is 11.9 Å². The van der Waals surface area contributed by atoms with Gasteiger partial charge in [-0.3, -0.25) is 0 Å². The second-order valence-electron chi connectivity index (χ2n) is 3.17. The fourth-order valence-corrected chi connectivity index (χ4v) is 1.59. The van der Waals surface area contributed by atoms with E-state index in [0.29, 0.717) is 0 Å². The molecule has 0 aromatic heterocycles. The molecule has 1 aromatic rings. The predicted molar refractivity (Wildman–Crippen MR) is 54.6 cm³/mol. The molecule has 0 bridgehead atoms. The average molecular weight is 198 g/mol. The molecule has 1 heterocycles. The Morgan fingerprint density at radius 1 is 1.62 bits per heavy atom. The summed E-state index contributed by atoms with van der Waals surface area (Å²) in [7, 11) is 0. The maximum atomic E-state index is 5.85. The van der Waals surface area contributed by atoms with Crippen LogP contribution < -0.4 is 10.1 Å². The van der Waals surface area contributed by atoms with Crippen LogP contribution in [0.3, 0.4) is 0 Å². The number of halogens is 1. The van der Waals surface area contributed by atoms with E-state index in [9.17, 15) is 0 Å². The molecule has 2 rings (SSSR count). The highest BCUT2D eigenvalue weighted by molar-refractivity contribution is 6.30. The lowest BCUT2D eigenvalue weighted by atomic mass is 10.2. The summed E-state index contributed by atoms with van der Waals surface area (Å²) in [5, 5.41) is 4.04. The van der Waals surface area contributed by atoms with Crippen molar-refractivity contribution in [1.82, 2.24) is 0 Å². The van der Waals surface area contributed by atoms with E-state index in [0.717, 1.165) is 29.4 Å². The Labute approximate surface area is 82.9 Å². The predicted octanol–water partition coefficient (Wildman–Crippen LogP) is 2.92. The summed E-state index contributed by atoms with van der Waals surface area (Å²) in [4.78, 5) is 0. The smallest absolute Gasteiger partial charge is 0.143 e. The molecule has 0 saturated heterocycles. The molecule has 70 valence electrons. The van der Waals surface area contributed by atoms with Crippen molar-refractivity contribution >= 4 is 17.3 Å². The fourth-order valence-electron chi connectivity index (χ4n) is 1.42. The summed E-state index contributed by atoms with van der Waals surface area (Å²) in [6.45, 7) is 2.98. The summed E-state index contributed by atoms with van der Waals surface area (Å²) in [6, 6.07) is 5.65. The van der Waals surface area contributed by atoms with E-state index in [1.54, 1.807) is 0 Å². The number of fused-ring (bicyclic) bond motifs is 1. The zero-order chi connectivity index (χ0) is 9.26. The number of hydrogen-bond donors (Lipinski definition) is 1. The zero-order valence-electron chi connectivity index (χ0n) is 7.51. The standard InChI is InChI=1S/C10H12ClNO/c1-2-8-6-12-9-5-7(11)3-4-10(9)13-8/h3-5,8,12H,2,6H2,1H3/t8-/m0/s1. The normalized spacial score (nSPS) is 20.0. The molecule has 3 heteroatoms. The second-order valence-corrected chi connectivity index (χ2v) is 3.61. The van der Waals surface area contributed by atoms with Crippen molar-refractivity contribution in [2.75, 3.05) is 11.9 Å². The van der Waals surface area contributed by atoms with Gasteiger partial charge in [0.25, 0.3) is 0 Å². The number of anilines is 1. The Hall–Kier alpha value is -0.890. The van der Waals surface area contributed by atoms with Crippen molar-refractivity contribution in [3.63, 3.8) is 0 Å². The molecule has 1 atom stereocenters. The molecule has 1 aliphatic rings. The third-order valence-electron chi connectivity index (χ3n) is 2.21. The summed E-state index contributed by atoms with van der Waals surface area (Å²) < 4.78 is 5.71. The monoisotopic (exact) mass is 197 g/mol. The van der Waals surface area contributed by atoms with Gasteiger partial charge in [0.2, 0.25) is 0 Å². The van der Waals surface area contributed by atoms with Crippen LogP contribution in [-0.4, -0.2) is 12.6 Å². The first-order valence-corrected chi connectivity index (χ1v) is 4.87. The first kappa shape index (κ1) is 8.70. The number of rotatable bonds is 1. The Balaban J connectivity index is 2.26. The van der Waals surface area contributed by atoms with E-state index >= 15 is 0 Å². The van der Waals surface area contributed by atoms with Crippen molar-refractivity contribution in [2.45, 2.75) is 19.4 Å². The first-order valence-electron chi connectivity index (χ1n) is 4.49. The van der Waals surface area contributed by atoms with Gasteiger partial charge in [0.15, 0.2) is 0 Å². The first-order chi connectivity index (χ1) is 6.29.